The van der Waals surface area contributed by atoms with E-state index in [-0.39, 0.29) is 4.32 Å². The maximum absolute atomic E-state index is 12.9. The number of hydrogen-bond acceptors (Lipinski definition) is 7. The zero-order valence-electron chi connectivity index (χ0n) is 20.5. The molecule has 1 aliphatic heterocycles. The second-order valence-electron chi connectivity index (χ2n) is 8.42. The molecule has 0 saturated carbocycles. The summed E-state index contributed by atoms with van der Waals surface area (Å²) in [6, 6.07) is 21.3. The number of hydrogen-bond donors (Lipinski definition) is 2. The highest BCUT2D eigenvalue weighted by atomic mass is 32.2. The number of rotatable bonds is 9. The van der Waals surface area contributed by atoms with Gasteiger partial charge in [-0.25, -0.2) is 4.79 Å². The lowest BCUT2D eigenvalue weighted by molar-refractivity contribution is -0.144. The molecule has 4 rings (SSSR count). The number of hydrazine groups is 1. The molecule has 10 heteroatoms. The number of aryl methyl sites for hydroxylation is 1. The third-order valence-corrected chi connectivity index (χ3v) is 6.79. The van der Waals surface area contributed by atoms with E-state index in [1.807, 2.05) is 31.2 Å². The average Bonchev–Trinajstić information content (AvgIpc) is 3.16. The minimum absolute atomic E-state index is 0.197. The first-order valence-corrected chi connectivity index (χ1v) is 12.8. The Morgan fingerprint density at radius 3 is 2.29 bits per heavy atom. The van der Waals surface area contributed by atoms with E-state index in [9.17, 15) is 14.4 Å². The number of carboxylic acids is 1. The number of carbonyl (C=O) groups excluding carboxylic acids is 2. The summed E-state index contributed by atoms with van der Waals surface area (Å²) < 4.78 is 11.3. The molecule has 0 bridgehead atoms. The summed E-state index contributed by atoms with van der Waals surface area (Å²) in [4.78, 5) is 36.9. The number of carboxylic acid groups (broad SMARTS) is 1. The molecule has 194 valence electrons. The minimum Gasteiger partial charge on any atom is -0.489 e. The van der Waals surface area contributed by atoms with Gasteiger partial charge in [0, 0.05) is 5.56 Å². The molecule has 1 saturated heterocycles. The summed E-state index contributed by atoms with van der Waals surface area (Å²) in [7, 11) is 0. The van der Waals surface area contributed by atoms with Crippen LogP contribution >= 0.6 is 24.0 Å². The molecule has 1 unspecified atom stereocenters. The molecule has 1 atom stereocenters. The van der Waals surface area contributed by atoms with Crippen LogP contribution in [0.2, 0.25) is 0 Å². The highest BCUT2D eigenvalue weighted by Gasteiger charge is 2.33. The lowest BCUT2D eigenvalue weighted by Crippen LogP contribution is -2.44. The van der Waals surface area contributed by atoms with Gasteiger partial charge >= 0.3 is 5.97 Å². The normalized spacial score (nSPS) is 14.9. The maximum Gasteiger partial charge on any atom is 0.344 e. The Kier molecular flexibility index (Phi) is 8.45. The van der Waals surface area contributed by atoms with Crippen LogP contribution in [0.5, 0.6) is 11.5 Å². The second kappa shape index (κ2) is 11.9. The predicted molar refractivity (Wildman–Crippen MR) is 149 cm³/mol. The van der Waals surface area contributed by atoms with E-state index in [4.69, 9.17) is 26.8 Å². The lowest BCUT2D eigenvalue weighted by atomic mass is 10.2. The Labute approximate surface area is 229 Å². The Morgan fingerprint density at radius 1 is 1.03 bits per heavy atom. The smallest absolute Gasteiger partial charge is 0.344 e. The van der Waals surface area contributed by atoms with Gasteiger partial charge < -0.3 is 14.6 Å². The largest absolute Gasteiger partial charge is 0.489 e. The van der Waals surface area contributed by atoms with Gasteiger partial charge in [-0.05, 0) is 79.7 Å². The number of thioether (sulfide) groups is 1. The van der Waals surface area contributed by atoms with Gasteiger partial charge in [0.15, 0.2) is 10.4 Å². The van der Waals surface area contributed by atoms with Gasteiger partial charge in [-0.2, -0.15) is 5.01 Å². The number of benzene rings is 3. The fourth-order valence-corrected chi connectivity index (χ4v) is 4.51. The number of nitrogens with one attached hydrogen (secondary N) is 1. The predicted octanol–water partition coefficient (Wildman–Crippen LogP) is 4.97. The SMILES string of the molecule is Cc1ccc(COc2ccc(C(=O)NN3C(=O)/C(=C\c4ccc(OC(C)C(=O)O)cc4)SC3=S)cc2)cc1. The molecule has 3 aromatic rings. The van der Waals surface area contributed by atoms with Crippen molar-refractivity contribution in [3.8, 4) is 11.5 Å². The molecule has 0 aliphatic carbocycles. The number of aliphatic carboxylic acids is 1. The van der Waals surface area contributed by atoms with Crippen molar-refractivity contribution < 1.29 is 29.0 Å². The first-order valence-electron chi connectivity index (χ1n) is 11.6. The first-order chi connectivity index (χ1) is 18.2. The van der Waals surface area contributed by atoms with Crippen LogP contribution in [0.3, 0.4) is 0 Å². The minimum atomic E-state index is -1.07. The number of carbonyl (C=O) groups is 3. The van der Waals surface area contributed by atoms with Crippen molar-refractivity contribution in [2.75, 3.05) is 0 Å². The molecule has 2 amide bonds. The van der Waals surface area contributed by atoms with Crippen LogP contribution in [0.15, 0.2) is 77.7 Å². The van der Waals surface area contributed by atoms with E-state index in [2.05, 4.69) is 5.43 Å². The fraction of sp³-hybridized carbons (Fsp3) is 0.143. The third-order valence-electron chi connectivity index (χ3n) is 5.49. The van der Waals surface area contributed by atoms with Crippen LogP contribution in [-0.2, 0) is 16.2 Å². The Balaban J connectivity index is 1.34. The van der Waals surface area contributed by atoms with Crippen LogP contribution < -0.4 is 14.9 Å². The third kappa shape index (κ3) is 6.78. The van der Waals surface area contributed by atoms with Crippen LogP contribution in [-0.4, -0.2) is 38.3 Å². The molecule has 0 spiro atoms. The quantitative estimate of drug-likeness (QED) is 0.285. The van der Waals surface area contributed by atoms with Crippen LogP contribution in [0.4, 0.5) is 0 Å². The summed E-state index contributed by atoms with van der Waals surface area (Å²) in [5.41, 5.74) is 5.81. The van der Waals surface area contributed by atoms with Crippen molar-refractivity contribution in [3.63, 3.8) is 0 Å². The first kappa shape index (κ1) is 26.9. The maximum atomic E-state index is 12.9. The molecule has 0 aromatic heterocycles. The van der Waals surface area contributed by atoms with Crippen LogP contribution in [0, 0.1) is 6.92 Å². The molecule has 1 fully saturated rings. The number of nitrogens with zero attached hydrogens (tertiary/aromatic N) is 1. The van der Waals surface area contributed by atoms with E-state index < -0.39 is 23.9 Å². The van der Waals surface area contributed by atoms with Crippen LogP contribution in [0.1, 0.15) is 34.0 Å². The summed E-state index contributed by atoms with van der Waals surface area (Å²) in [5, 5.41) is 10.00. The zero-order valence-corrected chi connectivity index (χ0v) is 22.2. The van der Waals surface area contributed by atoms with E-state index in [1.54, 1.807) is 54.6 Å². The van der Waals surface area contributed by atoms with Crippen molar-refractivity contribution in [1.29, 1.82) is 0 Å². The molecule has 8 nitrogen and oxygen atoms in total. The van der Waals surface area contributed by atoms with Gasteiger partial charge in [0.1, 0.15) is 18.1 Å². The zero-order chi connectivity index (χ0) is 27.2. The summed E-state index contributed by atoms with van der Waals surface area (Å²) in [5.74, 6) is -0.997. The Hall–Kier alpha value is -4.15. The summed E-state index contributed by atoms with van der Waals surface area (Å²) in [6.07, 6.45) is 0.652. The highest BCUT2D eigenvalue weighted by molar-refractivity contribution is 8.26. The molecule has 2 N–H and O–H groups in total. The number of thiocarbonyl (C=S) groups is 1. The van der Waals surface area contributed by atoms with Gasteiger partial charge in [-0.1, -0.05) is 53.7 Å². The van der Waals surface area contributed by atoms with Gasteiger partial charge in [0.05, 0.1) is 4.91 Å². The van der Waals surface area contributed by atoms with E-state index in [0.717, 1.165) is 22.3 Å². The summed E-state index contributed by atoms with van der Waals surface area (Å²) in [6.45, 7) is 3.87. The molecule has 3 aromatic carbocycles. The molecule has 0 radical (unpaired) electrons. The molecular formula is C28H24N2O6S2. The summed E-state index contributed by atoms with van der Waals surface area (Å²) >= 11 is 6.36. The fourth-order valence-electron chi connectivity index (χ4n) is 3.33. The number of amides is 2. The standard InChI is InChI=1S/C28H24N2O6S2/c1-17-3-5-20(6-4-17)16-35-22-13-9-21(10-14-22)25(31)29-30-26(32)24(38-28(30)37)15-19-7-11-23(12-8-19)36-18(2)27(33)34/h3-15,18H,16H2,1-2H3,(H,29,31)(H,33,34)/b24-15+. The van der Waals surface area contributed by atoms with Crippen molar-refractivity contribution in [1.82, 2.24) is 10.4 Å². The van der Waals surface area contributed by atoms with Crippen LogP contribution in [0.25, 0.3) is 6.08 Å². The molecular weight excluding hydrogens is 524 g/mol. The number of ether oxygens (including phenoxy) is 2. The second-order valence-corrected chi connectivity index (χ2v) is 10.1. The van der Waals surface area contributed by atoms with Gasteiger partial charge in [0.25, 0.3) is 11.8 Å². The van der Waals surface area contributed by atoms with E-state index in [1.165, 1.54) is 12.5 Å². The van der Waals surface area contributed by atoms with Crippen molar-refractivity contribution >= 4 is 52.2 Å². The topological polar surface area (TPSA) is 105 Å². The Morgan fingerprint density at radius 2 is 1.66 bits per heavy atom. The van der Waals surface area contributed by atoms with E-state index in [0.29, 0.717) is 34.1 Å². The van der Waals surface area contributed by atoms with Crippen molar-refractivity contribution in [2.24, 2.45) is 0 Å². The average molecular weight is 549 g/mol. The Bertz CT molecular complexity index is 1390. The van der Waals surface area contributed by atoms with Crippen molar-refractivity contribution in [3.05, 3.63) is 100.0 Å². The van der Waals surface area contributed by atoms with Crippen molar-refractivity contribution in [2.45, 2.75) is 26.6 Å². The van der Waals surface area contributed by atoms with Gasteiger partial charge in [0.2, 0.25) is 0 Å². The monoisotopic (exact) mass is 548 g/mol. The molecule has 38 heavy (non-hydrogen) atoms. The van der Waals surface area contributed by atoms with Gasteiger partial charge in [-0.3, -0.25) is 15.0 Å². The highest BCUT2D eigenvalue weighted by Crippen LogP contribution is 2.32. The molecule has 1 aliphatic rings. The van der Waals surface area contributed by atoms with Gasteiger partial charge in [-0.15, -0.1) is 0 Å². The molecule has 1 heterocycles. The lowest BCUT2D eigenvalue weighted by Gasteiger charge is -2.16. The van der Waals surface area contributed by atoms with E-state index >= 15 is 0 Å².